The lowest BCUT2D eigenvalue weighted by Crippen LogP contribution is -2.34. The van der Waals surface area contributed by atoms with E-state index < -0.39 is 5.60 Å². The molecule has 114 valence electrons. The fraction of sp³-hybridized carbons (Fsp3) is 0.357. The molecule has 1 aliphatic carbocycles. The smallest absolute Gasteiger partial charge is 0.151 e. The Morgan fingerprint density at radius 1 is 1.45 bits per heavy atom. The average molecular weight is 363 g/mol. The van der Waals surface area contributed by atoms with E-state index in [1.54, 1.807) is 23.0 Å². The van der Waals surface area contributed by atoms with E-state index in [1.807, 2.05) is 11.7 Å². The van der Waals surface area contributed by atoms with Crippen molar-refractivity contribution in [2.75, 3.05) is 5.73 Å². The number of nitrogens with two attached hydrogens (primary N) is 1. The van der Waals surface area contributed by atoms with E-state index in [0.717, 1.165) is 24.1 Å². The predicted molar refractivity (Wildman–Crippen MR) is 84.2 cm³/mol. The molecular weight excluding hydrogens is 348 g/mol. The van der Waals surface area contributed by atoms with Gasteiger partial charge >= 0.3 is 0 Å². The minimum atomic E-state index is -1.18. The van der Waals surface area contributed by atoms with Gasteiger partial charge in [-0.1, -0.05) is 0 Å². The molecule has 1 unspecified atom stereocenters. The first-order valence-electron chi connectivity index (χ1n) is 7.04. The lowest BCUT2D eigenvalue weighted by Gasteiger charge is -2.31. The molecule has 1 aliphatic rings. The van der Waals surface area contributed by atoms with E-state index in [1.165, 1.54) is 0 Å². The van der Waals surface area contributed by atoms with E-state index in [2.05, 4.69) is 31.0 Å². The highest BCUT2D eigenvalue weighted by molar-refractivity contribution is 9.10. The van der Waals surface area contributed by atoms with Crippen LogP contribution in [0.2, 0.25) is 0 Å². The third kappa shape index (κ3) is 1.67. The zero-order chi connectivity index (χ0) is 15.5. The Balaban J connectivity index is 2.02. The van der Waals surface area contributed by atoms with Crippen molar-refractivity contribution in [2.45, 2.75) is 24.9 Å². The molecule has 0 saturated carbocycles. The molecule has 0 fully saturated rings. The van der Waals surface area contributed by atoms with E-state index in [-0.39, 0.29) is 0 Å². The van der Waals surface area contributed by atoms with E-state index in [9.17, 15) is 5.11 Å². The quantitative estimate of drug-likeness (QED) is 0.681. The Bertz CT molecular complexity index is 885. The van der Waals surface area contributed by atoms with E-state index in [4.69, 9.17) is 5.73 Å². The first-order valence-corrected chi connectivity index (χ1v) is 7.84. The predicted octanol–water partition coefficient (Wildman–Crippen LogP) is 1.38. The minimum Gasteiger partial charge on any atom is -0.382 e. The number of aryl methyl sites for hydroxylation is 1. The number of aromatic nitrogens is 5. The Labute approximate surface area is 134 Å². The van der Waals surface area contributed by atoms with Crippen LogP contribution in [0, 0.1) is 0 Å². The summed E-state index contributed by atoms with van der Waals surface area (Å²) in [6.45, 7) is 0. The molecule has 0 aromatic carbocycles. The first kappa shape index (κ1) is 13.7. The van der Waals surface area contributed by atoms with Crippen LogP contribution in [0.1, 0.15) is 29.9 Å². The second kappa shape index (κ2) is 4.53. The molecule has 0 bridgehead atoms. The molecule has 0 radical (unpaired) electrons. The Hall–Kier alpha value is -1.93. The molecule has 0 saturated heterocycles. The number of halogens is 1. The first-order chi connectivity index (χ1) is 10.5. The molecule has 0 aliphatic heterocycles. The second-order valence-corrected chi connectivity index (χ2v) is 6.35. The normalized spacial score (nSPS) is 21.2. The van der Waals surface area contributed by atoms with Gasteiger partial charge in [-0.25, -0.2) is 9.97 Å². The maximum atomic E-state index is 11.4. The van der Waals surface area contributed by atoms with Crippen LogP contribution in [0.5, 0.6) is 0 Å². The minimum absolute atomic E-state index is 0.374. The van der Waals surface area contributed by atoms with Crippen molar-refractivity contribution in [3.63, 3.8) is 0 Å². The molecule has 7 nitrogen and oxygen atoms in total. The van der Waals surface area contributed by atoms with Gasteiger partial charge in [-0.3, -0.25) is 9.08 Å². The largest absolute Gasteiger partial charge is 0.382 e. The fourth-order valence-corrected chi connectivity index (χ4v) is 3.86. The fourth-order valence-electron chi connectivity index (χ4n) is 3.30. The van der Waals surface area contributed by atoms with Gasteiger partial charge in [-0.2, -0.15) is 5.10 Å². The maximum Gasteiger partial charge on any atom is 0.151 e. The van der Waals surface area contributed by atoms with Gasteiger partial charge in [0, 0.05) is 30.7 Å². The summed E-state index contributed by atoms with van der Waals surface area (Å²) in [4.78, 5) is 8.61. The third-order valence-electron chi connectivity index (χ3n) is 4.37. The van der Waals surface area contributed by atoms with Crippen molar-refractivity contribution in [3.8, 4) is 0 Å². The number of nitrogen functional groups attached to an aromatic ring is 1. The highest BCUT2D eigenvalue weighted by Crippen LogP contribution is 2.41. The number of anilines is 1. The van der Waals surface area contributed by atoms with Crippen molar-refractivity contribution in [1.82, 2.24) is 24.1 Å². The molecule has 3 heterocycles. The summed E-state index contributed by atoms with van der Waals surface area (Å²) in [5.41, 5.74) is 7.30. The molecule has 3 aromatic rings. The standard InChI is InChI=1S/C14H15BrN6O/c1-20-9-3-2-4-14(22,8(9)7-18-20)13-19-11(15)10-12(16)17-5-6-21(10)13/h5-7,22H,2-4H2,1H3,(H2,16,17). The second-order valence-electron chi connectivity index (χ2n) is 5.60. The number of imidazole rings is 1. The molecule has 0 spiro atoms. The number of aliphatic hydroxyl groups is 1. The monoisotopic (exact) mass is 362 g/mol. The van der Waals surface area contributed by atoms with Crippen LogP contribution in [-0.2, 0) is 19.1 Å². The van der Waals surface area contributed by atoms with Crippen molar-refractivity contribution in [3.05, 3.63) is 40.3 Å². The lowest BCUT2D eigenvalue weighted by molar-refractivity contribution is 0.0513. The molecule has 8 heteroatoms. The van der Waals surface area contributed by atoms with E-state index >= 15 is 0 Å². The lowest BCUT2D eigenvalue weighted by atomic mass is 9.82. The third-order valence-corrected chi connectivity index (χ3v) is 4.92. The molecule has 4 rings (SSSR count). The molecule has 22 heavy (non-hydrogen) atoms. The van der Waals surface area contributed by atoms with Crippen LogP contribution >= 0.6 is 15.9 Å². The van der Waals surface area contributed by atoms with Gasteiger partial charge in [0.25, 0.3) is 0 Å². The highest BCUT2D eigenvalue weighted by Gasteiger charge is 2.42. The van der Waals surface area contributed by atoms with Crippen molar-refractivity contribution in [2.24, 2.45) is 7.05 Å². The van der Waals surface area contributed by atoms with Crippen molar-refractivity contribution < 1.29 is 5.11 Å². The summed E-state index contributed by atoms with van der Waals surface area (Å²) in [6, 6.07) is 0. The summed E-state index contributed by atoms with van der Waals surface area (Å²) in [6.07, 6.45) is 7.48. The van der Waals surface area contributed by atoms with E-state index in [0.29, 0.717) is 28.2 Å². The number of hydrogen-bond acceptors (Lipinski definition) is 5. The van der Waals surface area contributed by atoms with Crippen LogP contribution in [0.3, 0.4) is 0 Å². The topological polar surface area (TPSA) is 94.3 Å². The number of fused-ring (bicyclic) bond motifs is 2. The molecule has 1 atom stereocenters. The van der Waals surface area contributed by atoms with Crippen LogP contribution < -0.4 is 5.73 Å². The number of rotatable bonds is 1. The van der Waals surface area contributed by atoms with Crippen molar-refractivity contribution in [1.29, 1.82) is 0 Å². The molecule has 3 aromatic heterocycles. The Kier molecular flexibility index (Phi) is 2.82. The van der Waals surface area contributed by atoms with Gasteiger partial charge in [-0.05, 0) is 35.2 Å². The molecule has 0 amide bonds. The summed E-state index contributed by atoms with van der Waals surface area (Å²) in [5, 5.41) is 15.7. The Morgan fingerprint density at radius 2 is 2.27 bits per heavy atom. The Morgan fingerprint density at radius 3 is 3.09 bits per heavy atom. The van der Waals surface area contributed by atoms with Crippen LogP contribution in [-0.4, -0.2) is 29.3 Å². The van der Waals surface area contributed by atoms with Gasteiger partial charge in [0.05, 0.1) is 6.20 Å². The molecular formula is C14H15BrN6O. The zero-order valence-corrected chi connectivity index (χ0v) is 13.6. The van der Waals surface area contributed by atoms with Crippen LogP contribution in [0.25, 0.3) is 5.52 Å². The summed E-state index contributed by atoms with van der Waals surface area (Å²) in [7, 11) is 1.89. The van der Waals surface area contributed by atoms with Crippen LogP contribution in [0.4, 0.5) is 5.82 Å². The summed E-state index contributed by atoms with van der Waals surface area (Å²) >= 11 is 3.42. The number of nitrogens with zero attached hydrogens (tertiary/aromatic N) is 5. The number of hydrogen-bond donors (Lipinski definition) is 2. The van der Waals surface area contributed by atoms with Gasteiger partial charge in [0.1, 0.15) is 10.1 Å². The van der Waals surface area contributed by atoms with Gasteiger partial charge in [0.2, 0.25) is 0 Å². The highest BCUT2D eigenvalue weighted by atomic mass is 79.9. The zero-order valence-electron chi connectivity index (χ0n) is 12.0. The van der Waals surface area contributed by atoms with Crippen LogP contribution in [0.15, 0.2) is 23.2 Å². The SMILES string of the molecule is Cn1ncc2c1CCCC2(O)c1nc(Br)c2c(N)nccn12. The molecule has 3 N–H and O–H groups in total. The maximum absolute atomic E-state index is 11.4. The van der Waals surface area contributed by atoms with Gasteiger partial charge in [0.15, 0.2) is 17.2 Å². The van der Waals surface area contributed by atoms with Gasteiger partial charge in [-0.15, -0.1) is 0 Å². The van der Waals surface area contributed by atoms with Gasteiger partial charge < -0.3 is 10.8 Å². The average Bonchev–Trinajstić information content (AvgIpc) is 3.03. The summed E-state index contributed by atoms with van der Waals surface area (Å²) < 4.78 is 4.20. The summed E-state index contributed by atoms with van der Waals surface area (Å²) in [5.74, 6) is 0.913. The van der Waals surface area contributed by atoms with Crippen molar-refractivity contribution >= 4 is 27.3 Å².